The van der Waals surface area contributed by atoms with Gasteiger partial charge >= 0.3 is 8.60 Å². The molecule has 6 heteroatoms. The Bertz CT molecular complexity index is 72.1. The summed E-state index contributed by atoms with van der Waals surface area (Å²) in [5.74, 6) is 0. The molecule has 0 saturated carbocycles. The first-order valence-corrected chi connectivity index (χ1v) is 5.38. The average Bonchev–Trinajstić information content (AvgIpc) is 1.83. The van der Waals surface area contributed by atoms with Gasteiger partial charge in [0.2, 0.25) is 0 Å². The molecular formula is C3H7Br2O3P. The summed E-state index contributed by atoms with van der Waals surface area (Å²) < 4.78 is 4.49. The number of rotatable bonds is 4. The third-order valence-corrected chi connectivity index (χ3v) is 3.16. The first-order chi connectivity index (χ1) is 4.16. The Labute approximate surface area is 71.7 Å². The maximum atomic E-state index is 8.26. The van der Waals surface area contributed by atoms with Crippen LogP contribution in [0.5, 0.6) is 0 Å². The van der Waals surface area contributed by atoms with Crippen molar-refractivity contribution in [2.45, 2.75) is 4.83 Å². The Hall–Kier alpha value is 1.27. The quantitative estimate of drug-likeness (QED) is 0.605. The molecule has 1 unspecified atom stereocenters. The Kier molecular flexibility index (Phi) is 6.86. The number of hydrogen-bond donors (Lipinski definition) is 2. The van der Waals surface area contributed by atoms with E-state index in [1.807, 2.05) is 0 Å². The van der Waals surface area contributed by atoms with Gasteiger partial charge in [0.1, 0.15) is 0 Å². The zero-order valence-corrected chi connectivity index (χ0v) is 8.56. The van der Waals surface area contributed by atoms with Gasteiger partial charge in [0.15, 0.2) is 0 Å². The topological polar surface area (TPSA) is 49.7 Å². The lowest BCUT2D eigenvalue weighted by Crippen LogP contribution is -2.06. The number of alkyl halides is 2. The van der Waals surface area contributed by atoms with E-state index in [9.17, 15) is 0 Å². The maximum absolute atomic E-state index is 8.26. The van der Waals surface area contributed by atoms with Crippen molar-refractivity contribution in [3.8, 4) is 0 Å². The van der Waals surface area contributed by atoms with E-state index in [1.54, 1.807) is 0 Å². The molecule has 0 bridgehead atoms. The molecule has 0 aliphatic heterocycles. The predicted octanol–water partition coefficient (Wildman–Crippen LogP) is 1.37. The molecule has 56 valence electrons. The van der Waals surface area contributed by atoms with Crippen LogP contribution in [-0.4, -0.2) is 26.6 Å². The van der Waals surface area contributed by atoms with Gasteiger partial charge in [-0.1, -0.05) is 31.9 Å². The monoisotopic (exact) mass is 280 g/mol. The highest BCUT2D eigenvalue weighted by Crippen LogP contribution is 2.25. The second-order valence-corrected chi connectivity index (χ2v) is 4.01. The van der Waals surface area contributed by atoms with Crippen LogP contribution < -0.4 is 0 Å². The summed E-state index contributed by atoms with van der Waals surface area (Å²) in [4.78, 5) is 16.7. The molecule has 0 amide bonds. The first kappa shape index (κ1) is 10.3. The molecular weight excluding hydrogens is 275 g/mol. The molecule has 0 radical (unpaired) electrons. The minimum atomic E-state index is -2.19. The van der Waals surface area contributed by atoms with Crippen molar-refractivity contribution in [3.63, 3.8) is 0 Å². The fraction of sp³-hybridized carbons (Fsp3) is 1.00. The van der Waals surface area contributed by atoms with Crippen LogP contribution in [0.25, 0.3) is 0 Å². The maximum Gasteiger partial charge on any atom is 0.327 e. The summed E-state index contributed by atoms with van der Waals surface area (Å²) in [6.07, 6.45) is 0. The van der Waals surface area contributed by atoms with Crippen molar-refractivity contribution in [3.05, 3.63) is 0 Å². The minimum Gasteiger partial charge on any atom is -0.328 e. The van der Waals surface area contributed by atoms with E-state index >= 15 is 0 Å². The number of hydrogen-bond acceptors (Lipinski definition) is 3. The fourth-order valence-electron chi connectivity index (χ4n) is 0.192. The summed E-state index contributed by atoms with van der Waals surface area (Å²) >= 11 is 6.40. The van der Waals surface area contributed by atoms with Crippen LogP contribution >= 0.6 is 40.5 Å². The molecule has 0 heterocycles. The SMILES string of the molecule is OP(O)OCC(Br)CBr. The van der Waals surface area contributed by atoms with Gasteiger partial charge in [-0.05, 0) is 0 Å². The lowest BCUT2D eigenvalue weighted by Gasteiger charge is -2.05. The Balaban J connectivity index is 3.06. The summed E-state index contributed by atoms with van der Waals surface area (Å²) in [6, 6.07) is 0. The van der Waals surface area contributed by atoms with Gasteiger partial charge in [-0.2, -0.15) is 0 Å². The van der Waals surface area contributed by atoms with Crippen molar-refractivity contribution in [2.75, 3.05) is 11.9 Å². The highest BCUT2D eigenvalue weighted by molar-refractivity contribution is 9.12. The molecule has 0 aromatic carbocycles. The van der Waals surface area contributed by atoms with Crippen molar-refractivity contribution >= 4 is 40.5 Å². The van der Waals surface area contributed by atoms with Crippen LogP contribution in [0.4, 0.5) is 0 Å². The van der Waals surface area contributed by atoms with Crippen LogP contribution in [0.1, 0.15) is 0 Å². The van der Waals surface area contributed by atoms with E-state index in [2.05, 4.69) is 36.4 Å². The molecule has 2 N–H and O–H groups in total. The van der Waals surface area contributed by atoms with E-state index in [0.29, 0.717) is 6.61 Å². The number of halogens is 2. The molecule has 0 aliphatic rings. The van der Waals surface area contributed by atoms with E-state index < -0.39 is 8.60 Å². The van der Waals surface area contributed by atoms with Crippen LogP contribution in [0.3, 0.4) is 0 Å². The Morgan fingerprint density at radius 1 is 1.56 bits per heavy atom. The minimum absolute atomic E-state index is 0.141. The third-order valence-electron chi connectivity index (χ3n) is 0.538. The smallest absolute Gasteiger partial charge is 0.327 e. The highest BCUT2D eigenvalue weighted by Gasteiger charge is 2.05. The van der Waals surface area contributed by atoms with Gasteiger partial charge in [-0.3, -0.25) is 0 Å². The summed E-state index contributed by atoms with van der Waals surface area (Å²) in [5.41, 5.74) is 0. The van der Waals surface area contributed by atoms with Gasteiger partial charge in [0, 0.05) is 10.2 Å². The zero-order valence-electron chi connectivity index (χ0n) is 4.50. The molecule has 0 aliphatic carbocycles. The fourth-order valence-corrected chi connectivity index (χ4v) is 1.03. The molecule has 0 rings (SSSR count). The van der Waals surface area contributed by atoms with Crippen LogP contribution in [0, 0.1) is 0 Å². The lowest BCUT2D eigenvalue weighted by atomic mass is 10.5. The van der Waals surface area contributed by atoms with Gasteiger partial charge < -0.3 is 14.3 Å². The predicted molar refractivity (Wildman–Crippen MR) is 43.8 cm³/mol. The van der Waals surface area contributed by atoms with Crippen LogP contribution in [-0.2, 0) is 4.52 Å². The van der Waals surface area contributed by atoms with Crippen molar-refractivity contribution in [2.24, 2.45) is 0 Å². The normalized spacial score (nSPS) is 14.3. The highest BCUT2D eigenvalue weighted by atomic mass is 79.9. The van der Waals surface area contributed by atoms with Gasteiger partial charge in [-0.25, -0.2) is 0 Å². The van der Waals surface area contributed by atoms with E-state index in [1.165, 1.54) is 0 Å². The summed E-state index contributed by atoms with van der Waals surface area (Å²) in [6.45, 7) is 0.309. The van der Waals surface area contributed by atoms with E-state index in [-0.39, 0.29) is 4.83 Å². The van der Waals surface area contributed by atoms with E-state index in [0.717, 1.165) is 5.33 Å². The molecule has 9 heavy (non-hydrogen) atoms. The van der Waals surface area contributed by atoms with Gasteiger partial charge in [0.25, 0.3) is 0 Å². The van der Waals surface area contributed by atoms with Gasteiger partial charge in [-0.15, -0.1) is 0 Å². The first-order valence-electron chi connectivity index (χ1n) is 2.17. The molecule has 1 atom stereocenters. The molecule has 3 nitrogen and oxygen atoms in total. The molecule has 0 aromatic heterocycles. The average molecular weight is 282 g/mol. The zero-order chi connectivity index (χ0) is 7.28. The largest absolute Gasteiger partial charge is 0.328 e. The van der Waals surface area contributed by atoms with Crippen LogP contribution in [0.15, 0.2) is 0 Å². The standard InChI is InChI=1S/C3H7Br2O3P/c4-1-3(5)2-8-9(6)7/h3,6-7H,1-2H2. The van der Waals surface area contributed by atoms with Gasteiger partial charge in [0.05, 0.1) is 6.61 Å². The Morgan fingerprint density at radius 3 is 2.44 bits per heavy atom. The third kappa shape index (κ3) is 7.16. The lowest BCUT2D eigenvalue weighted by molar-refractivity contribution is 0.260. The molecule has 0 spiro atoms. The van der Waals surface area contributed by atoms with Crippen LogP contribution in [0.2, 0.25) is 0 Å². The van der Waals surface area contributed by atoms with Crippen molar-refractivity contribution < 1.29 is 14.3 Å². The summed E-state index contributed by atoms with van der Waals surface area (Å²) in [7, 11) is -2.19. The second kappa shape index (κ2) is 6.01. The molecule has 0 saturated heterocycles. The Morgan fingerprint density at radius 2 is 2.11 bits per heavy atom. The molecule has 0 fully saturated rings. The molecule has 0 aromatic rings. The van der Waals surface area contributed by atoms with Crippen molar-refractivity contribution in [1.82, 2.24) is 0 Å². The van der Waals surface area contributed by atoms with Crippen molar-refractivity contribution in [1.29, 1.82) is 0 Å². The summed E-state index contributed by atoms with van der Waals surface area (Å²) in [5, 5.41) is 0.732. The van der Waals surface area contributed by atoms with E-state index in [4.69, 9.17) is 9.79 Å². The second-order valence-electron chi connectivity index (χ2n) is 1.30.